The molecule has 0 spiro atoms. The number of pyridine rings is 2. The number of carbonyl (C=O) groups is 1. The van der Waals surface area contributed by atoms with Gasteiger partial charge in [-0.1, -0.05) is 112 Å². The number of carbonyl (C=O) groups excluding carboxylic acids is 1. The van der Waals surface area contributed by atoms with Gasteiger partial charge in [0.1, 0.15) is 0 Å². The standard InChI is InChI=1S/C22H22N.C20H20N.C14H24F2O2.Ir/c1-15-11-16(2)13-20(12-15)22-21-8-7-18(17-5-3-4-6-17)14-19(21)9-10-23-22;1-13(2)16-5-6-19-17(12-16)7-8-21-20(19)18-10-14(3)9-15(4)11-18;1-5-10(6-2)12(17)8-13(18)11(7-3)9-14(4,15)16;/h7-12,14,17H,3-6H2,1-2H3;5-10,12-13H,1-4H3;8,10-11,18H,5-7,9H2,1-4H3;/q2*-1;;/b;;13-8-;/i9D,10D;7D,8D;;. The molecular formula is C56H66F2IrN2O2-2. The van der Waals surface area contributed by atoms with Crippen molar-refractivity contribution in [2.45, 2.75) is 138 Å². The van der Waals surface area contributed by atoms with E-state index >= 15 is 0 Å². The number of aryl methyl sites for hydroxylation is 4. The molecule has 0 saturated heterocycles. The van der Waals surface area contributed by atoms with Gasteiger partial charge in [0.2, 0.25) is 5.92 Å². The van der Waals surface area contributed by atoms with E-state index in [4.69, 9.17) is 5.48 Å². The Morgan fingerprint density at radius 1 is 0.794 bits per heavy atom. The molecular weight excluding hydrogens is 963 g/mol. The second kappa shape index (κ2) is 23.4. The Morgan fingerprint density at radius 2 is 1.29 bits per heavy atom. The van der Waals surface area contributed by atoms with Crippen molar-refractivity contribution in [1.29, 1.82) is 0 Å². The molecule has 63 heavy (non-hydrogen) atoms. The van der Waals surface area contributed by atoms with E-state index < -0.39 is 18.3 Å². The minimum atomic E-state index is -2.83. The largest absolute Gasteiger partial charge is 0.512 e. The minimum Gasteiger partial charge on any atom is -0.512 e. The molecule has 337 valence electrons. The van der Waals surface area contributed by atoms with Gasteiger partial charge < -0.3 is 15.1 Å². The average molecular weight is 1030 g/mol. The van der Waals surface area contributed by atoms with Gasteiger partial charge in [0.25, 0.3) is 0 Å². The molecule has 1 radical (unpaired) electrons. The number of aliphatic hydroxyl groups excluding tert-OH is 1. The molecule has 1 aliphatic rings. The van der Waals surface area contributed by atoms with Crippen molar-refractivity contribution < 1.29 is 44.3 Å². The summed E-state index contributed by atoms with van der Waals surface area (Å²) in [6.07, 6.45) is 7.59. The zero-order chi connectivity index (χ0) is 48.6. The van der Waals surface area contributed by atoms with Gasteiger partial charge in [0, 0.05) is 56.8 Å². The average Bonchev–Trinajstić information content (AvgIpc) is 3.80. The normalized spacial score (nSPS) is 14.5. The summed E-state index contributed by atoms with van der Waals surface area (Å²) < 4.78 is 58.6. The first-order valence-electron chi connectivity index (χ1n) is 24.3. The Labute approximate surface area is 395 Å². The molecule has 4 nitrogen and oxygen atoms in total. The fourth-order valence-corrected chi connectivity index (χ4v) is 8.44. The van der Waals surface area contributed by atoms with E-state index in [1.54, 1.807) is 6.92 Å². The molecule has 0 amide bonds. The maximum Gasteiger partial charge on any atom is 0.246 e. The van der Waals surface area contributed by atoms with Gasteiger partial charge in [-0.2, -0.15) is 0 Å². The first kappa shape index (κ1) is 45.0. The van der Waals surface area contributed by atoms with E-state index in [-0.39, 0.29) is 62.0 Å². The summed E-state index contributed by atoms with van der Waals surface area (Å²) >= 11 is 0. The van der Waals surface area contributed by atoms with Gasteiger partial charge in [0.15, 0.2) is 5.78 Å². The Hall–Kier alpha value is -4.58. The number of ketones is 1. The Morgan fingerprint density at radius 3 is 1.75 bits per heavy atom. The van der Waals surface area contributed by atoms with Crippen LogP contribution in [0.5, 0.6) is 0 Å². The van der Waals surface area contributed by atoms with Crippen molar-refractivity contribution in [2.75, 3.05) is 0 Å². The van der Waals surface area contributed by atoms with Crippen LogP contribution in [0.15, 0.2) is 96.9 Å². The number of aliphatic hydroxyl groups is 1. The molecule has 1 aliphatic carbocycles. The third-order valence-corrected chi connectivity index (χ3v) is 11.8. The van der Waals surface area contributed by atoms with Gasteiger partial charge in [-0.25, -0.2) is 8.78 Å². The van der Waals surface area contributed by atoms with Crippen molar-refractivity contribution in [3.63, 3.8) is 0 Å². The molecule has 1 fully saturated rings. The predicted molar refractivity (Wildman–Crippen MR) is 255 cm³/mol. The van der Waals surface area contributed by atoms with Crippen LogP contribution >= 0.6 is 0 Å². The first-order chi connectivity index (χ1) is 31.1. The van der Waals surface area contributed by atoms with E-state index in [1.165, 1.54) is 36.8 Å². The fourth-order valence-electron chi connectivity index (χ4n) is 8.44. The van der Waals surface area contributed by atoms with Crippen LogP contribution in [0.2, 0.25) is 0 Å². The number of fused-ring (bicyclic) bond motifs is 2. The van der Waals surface area contributed by atoms with Crippen LogP contribution in [-0.4, -0.2) is 26.8 Å². The molecule has 4 aromatic carbocycles. The number of hydrogen-bond donors (Lipinski definition) is 1. The van der Waals surface area contributed by atoms with Crippen molar-refractivity contribution in [3.8, 4) is 22.5 Å². The number of nitrogens with zero attached hydrogens (tertiary/aromatic N) is 2. The molecule has 6 aromatic rings. The van der Waals surface area contributed by atoms with E-state index in [0.717, 1.165) is 79.3 Å². The maximum absolute atomic E-state index is 12.9. The van der Waals surface area contributed by atoms with Crippen LogP contribution in [-0.2, 0) is 24.9 Å². The predicted octanol–water partition coefficient (Wildman–Crippen LogP) is 15.9. The van der Waals surface area contributed by atoms with Gasteiger partial charge in [-0.05, 0) is 107 Å². The molecule has 1 unspecified atom stereocenters. The molecule has 2 aromatic heterocycles. The number of alkyl halides is 2. The van der Waals surface area contributed by atoms with E-state index in [1.807, 2.05) is 52.8 Å². The number of hydrogen-bond acceptors (Lipinski definition) is 4. The SMILES string of the molecule is CCC(CC)C(=O)/C=C(\O)C(CC)CC(C)(F)F.[2H]c1nc(-c2[c-]c(C)cc(C)c2)c2ccc(C(C)C)cc2c1[2H].[2H]c1nc(-c2[c-]c(C)cc(C)c2)c2ccc(C3CCCC3)cc2c1[2H].[Ir]. The van der Waals surface area contributed by atoms with Crippen LogP contribution < -0.4 is 0 Å². The van der Waals surface area contributed by atoms with Crippen molar-refractivity contribution in [1.82, 2.24) is 9.97 Å². The Bertz CT molecular complexity index is 2670. The summed E-state index contributed by atoms with van der Waals surface area (Å²) in [5, 5.41) is 13.3. The summed E-state index contributed by atoms with van der Waals surface area (Å²) in [6.45, 7) is 18.7. The van der Waals surface area contributed by atoms with Gasteiger partial charge >= 0.3 is 0 Å². The summed E-state index contributed by atoms with van der Waals surface area (Å²) in [6, 6.07) is 27.9. The van der Waals surface area contributed by atoms with Crippen molar-refractivity contribution in [2.24, 2.45) is 11.8 Å². The number of aromatic nitrogens is 2. The molecule has 1 atom stereocenters. The zero-order valence-corrected chi connectivity index (χ0v) is 41.1. The van der Waals surface area contributed by atoms with E-state index in [9.17, 15) is 18.7 Å². The smallest absolute Gasteiger partial charge is 0.246 e. The first-order valence-corrected chi connectivity index (χ1v) is 22.3. The quantitative estimate of drug-likeness (QED) is 0.0754. The molecule has 7 heteroatoms. The number of halogens is 2. The third-order valence-electron chi connectivity index (χ3n) is 11.8. The number of allylic oxidation sites excluding steroid dienone is 2. The van der Waals surface area contributed by atoms with Gasteiger partial charge in [0.05, 0.1) is 11.2 Å². The zero-order valence-electron chi connectivity index (χ0n) is 42.7. The summed E-state index contributed by atoms with van der Waals surface area (Å²) in [4.78, 5) is 20.6. The monoisotopic (exact) mass is 1030 g/mol. The van der Waals surface area contributed by atoms with Crippen LogP contribution in [0.3, 0.4) is 0 Å². The Kier molecular flexibility index (Phi) is 16.7. The molecule has 2 heterocycles. The van der Waals surface area contributed by atoms with Crippen molar-refractivity contribution in [3.05, 3.63) is 142 Å². The van der Waals surface area contributed by atoms with Crippen molar-refractivity contribution >= 4 is 27.3 Å². The Balaban J connectivity index is 0.000000221. The van der Waals surface area contributed by atoms with Crippen LogP contribution in [0, 0.1) is 51.7 Å². The number of benzene rings is 4. The summed E-state index contributed by atoms with van der Waals surface area (Å²) in [5.74, 6) is -3.01. The number of rotatable bonds is 12. The molecule has 1 saturated carbocycles. The second-order valence-electron chi connectivity index (χ2n) is 17.5. The van der Waals surface area contributed by atoms with E-state index in [0.29, 0.717) is 31.1 Å². The summed E-state index contributed by atoms with van der Waals surface area (Å²) in [7, 11) is 0. The van der Waals surface area contributed by atoms with Crippen LogP contribution in [0.1, 0.15) is 144 Å². The molecule has 1 N–H and O–H groups in total. The van der Waals surface area contributed by atoms with E-state index in [2.05, 4.69) is 85.3 Å². The summed E-state index contributed by atoms with van der Waals surface area (Å²) in [5.41, 5.74) is 10.2. The van der Waals surface area contributed by atoms with Gasteiger partial charge in [-0.3, -0.25) is 4.79 Å². The molecule has 7 rings (SSSR count). The molecule has 0 bridgehead atoms. The third kappa shape index (κ3) is 14.2. The topological polar surface area (TPSA) is 63.1 Å². The van der Waals surface area contributed by atoms with Gasteiger partial charge in [-0.15, -0.1) is 69.8 Å². The molecule has 0 aliphatic heterocycles. The fraction of sp³-hybridized carbons (Fsp3) is 0.411. The van der Waals surface area contributed by atoms with Crippen LogP contribution in [0.25, 0.3) is 44.1 Å². The second-order valence-corrected chi connectivity index (χ2v) is 17.5. The minimum absolute atomic E-state index is 0. The maximum atomic E-state index is 12.9. The van der Waals surface area contributed by atoms with Crippen LogP contribution in [0.4, 0.5) is 8.78 Å².